The first-order valence-corrected chi connectivity index (χ1v) is 12.5. The van der Waals surface area contributed by atoms with Gasteiger partial charge in [0.25, 0.3) is 0 Å². The van der Waals surface area contributed by atoms with E-state index in [0.717, 1.165) is 18.2 Å². The van der Waals surface area contributed by atoms with Gasteiger partial charge in [-0.1, -0.05) is 74.7 Å². The molecule has 0 heterocycles. The second-order valence-electron chi connectivity index (χ2n) is 9.48. The van der Waals surface area contributed by atoms with Gasteiger partial charge in [-0.05, 0) is 18.8 Å². The fourth-order valence-corrected chi connectivity index (χ4v) is 3.58. The normalized spacial score (nSPS) is 12.8. The minimum Gasteiger partial charge on any atom is -0.466 e. The van der Waals surface area contributed by atoms with Crippen molar-refractivity contribution in [3.8, 4) is 0 Å². The summed E-state index contributed by atoms with van der Waals surface area (Å²) in [6.45, 7) is 5.01. The number of hydrogen-bond acceptors (Lipinski definition) is 4. The molecule has 172 valence electrons. The summed E-state index contributed by atoms with van der Waals surface area (Å²) in [5, 5.41) is 1.11. The Hall–Kier alpha value is -0.620. The summed E-state index contributed by atoms with van der Waals surface area (Å²) in [4.78, 5) is 24.2. The first-order valence-electron chi connectivity index (χ1n) is 11.4. The number of hydrogen-bond donors (Lipinski definition) is 0. The lowest BCUT2D eigenvalue weighted by Crippen LogP contribution is -2.44. The average Bonchev–Trinajstić information content (AvgIpc) is 2.57. The smallest absolute Gasteiger partial charge is 0.309 e. The molecule has 0 amide bonds. The van der Waals surface area contributed by atoms with Gasteiger partial charge in [-0.15, -0.1) is 0 Å². The number of quaternary nitrogens is 1. The summed E-state index contributed by atoms with van der Waals surface area (Å²) < 4.78 is 11.6. The van der Waals surface area contributed by atoms with Gasteiger partial charge in [0.05, 0.1) is 34.2 Å². The predicted molar refractivity (Wildman–Crippen MR) is 123 cm³/mol. The van der Waals surface area contributed by atoms with Crippen molar-refractivity contribution in [2.75, 3.05) is 39.6 Å². The van der Waals surface area contributed by atoms with Gasteiger partial charge in [0.1, 0.15) is 6.54 Å². The molecule has 0 saturated heterocycles. The highest BCUT2D eigenvalue weighted by atomic mass is 79.9. The van der Waals surface area contributed by atoms with Crippen LogP contribution in [0.2, 0.25) is 0 Å². The van der Waals surface area contributed by atoms with Gasteiger partial charge in [-0.2, -0.15) is 0 Å². The zero-order valence-corrected chi connectivity index (χ0v) is 21.1. The van der Waals surface area contributed by atoms with Crippen LogP contribution in [0.1, 0.15) is 84.5 Å². The first-order chi connectivity index (χ1) is 13.6. The van der Waals surface area contributed by atoms with Crippen molar-refractivity contribution in [3.05, 3.63) is 0 Å². The molecule has 0 aromatic carbocycles. The van der Waals surface area contributed by atoms with Gasteiger partial charge in [-0.3, -0.25) is 9.59 Å². The number of esters is 2. The van der Waals surface area contributed by atoms with E-state index in [1.807, 2.05) is 35.0 Å². The first kappa shape index (κ1) is 28.4. The quantitative estimate of drug-likeness (QED) is 0.113. The molecule has 0 unspecified atom stereocenters. The molecule has 0 aromatic heterocycles. The van der Waals surface area contributed by atoms with Gasteiger partial charge >= 0.3 is 11.9 Å². The van der Waals surface area contributed by atoms with E-state index in [4.69, 9.17) is 9.47 Å². The van der Waals surface area contributed by atoms with Crippen LogP contribution in [-0.4, -0.2) is 62.2 Å². The third-order valence-electron chi connectivity index (χ3n) is 4.56. The fraction of sp³-hybridized carbons (Fsp3) is 0.913. The fourth-order valence-electron chi connectivity index (χ4n) is 3.19. The number of halogens is 1. The maximum atomic E-state index is 12.2. The van der Waals surface area contributed by atoms with Crippen LogP contribution in [-0.2, 0) is 19.1 Å². The molecular weight excluding hydrogens is 434 g/mol. The van der Waals surface area contributed by atoms with Gasteiger partial charge < -0.3 is 14.0 Å². The second kappa shape index (κ2) is 17.1. The number of likely N-dealkylation sites (N-methyl/N-ethyl adjacent to an activating group) is 1. The molecule has 0 saturated carbocycles. The van der Waals surface area contributed by atoms with Crippen LogP contribution in [0.5, 0.6) is 0 Å². The minimum atomic E-state index is -0.432. The van der Waals surface area contributed by atoms with Crippen molar-refractivity contribution in [1.29, 1.82) is 0 Å². The topological polar surface area (TPSA) is 52.6 Å². The number of rotatable bonds is 18. The van der Waals surface area contributed by atoms with Crippen molar-refractivity contribution >= 4 is 27.9 Å². The van der Waals surface area contributed by atoms with E-state index < -0.39 is 6.10 Å². The van der Waals surface area contributed by atoms with E-state index in [-0.39, 0.29) is 24.3 Å². The Balaban J connectivity index is 3.96. The van der Waals surface area contributed by atoms with E-state index in [1.54, 1.807) is 0 Å². The van der Waals surface area contributed by atoms with Crippen molar-refractivity contribution in [3.63, 3.8) is 0 Å². The molecule has 0 rings (SSSR count). The highest BCUT2D eigenvalue weighted by Crippen LogP contribution is 2.12. The molecule has 0 radical (unpaired) electrons. The lowest BCUT2D eigenvalue weighted by atomic mass is 10.1. The summed E-state index contributed by atoms with van der Waals surface area (Å²) in [6.07, 6.45) is 11.1. The zero-order chi connectivity index (χ0) is 22.1. The molecular formula is C23H45BrNO4+. The lowest BCUT2D eigenvalue weighted by molar-refractivity contribution is -0.873. The molecule has 1 atom stereocenters. The Kier molecular flexibility index (Phi) is 16.7. The highest BCUT2D eigenvalue weighted by Gasteiger charge is 2.25. The third-order valence-corrected chi connectivity index (χ3v) is 5.12. The van der Waals surface area contributed by atoms with Gasteiger partial charge in [-0.25, -0.2) is 0 Å². The molecule has 0 aliphatic carbocycles. The summed E-state index contributed by atoms with van der Waals surface area (Å²) >= 11 is 3.46. The maximum absolute atomic E-state index is 12.2. The zero-order valence-electron chi connectivity index (χ0n) is 19.5. The van der Waals surface area contributed by atoms with Crippen LogP contribution in [0.3, 0.4) is 0 Å². The molecule has 0 spiro atoms. The third kappa shape index (κ3) is 20.4. The molecule has 0 aliphatic heterocycles. The molecule has 6 heteroatoms. The van der Waals surface area contributed by atoms with Crippen LogP contribution in [0.4, 0.5) is 0 Å². The Morgan fingerprint density at radius 1 is 0.793 bits per heavy atom. The van der Waals surface area contributed by atoms with E-state index in [1.165, 1.54) is 44.9 Å². The standard InChI is InChI=1S/C23H45BrNO4/c1-20(2)17-23(27)29-21(19-25(3,4)5)18-22(26)28-16-14-12-10-8-6-7-9-11-13-15-24/h20-21H,6-19H2,1-5H3/q+1/t21-/m1/s1. The molecule has 5 nitrogen and oxygen atoms in total. The number of carbonyl (C=O) groups excluding carboxylic acids is 2. The number of carbonyl (C=O) groups is 2. The maximum Gasteiger partial charge on any atom is 0.309 e. The summed E-state index contributed by atoms with van der Waals surface area (Å²) in [5.41, 5.74) is 0. The Morgan fingerprint density at radius 3 is 1.79 bits per heavy atom. The molecule has 29 heavy (non-hydrogen) atoms. The highest BCUT2D eigenvalue weighted by molar-refractivity contribution is 9.09. The van der Waals surface area contributed by atoms with Crippen molar-refractivity contribution in [2.45, 2.75) is 90.6 Å². The lowest BCUT2D eigenvalue weighted by Gasteiger charge is -2.28. The van der Waals surface area contributed by atoms with Gasteiger partial charge in [0, 0.05) is 11.8 Å². The van der Waals surface area contributed by atoms with Crippen molar-refractivity contribution in [1.82, 2.24) is 0 Å². The van der Waals surface area contributed by atoms with Crippen LogP contribution in [0, 0.1) is 5.92 Å². The number of unbranched alkanes of at least 4 members (excludes halogenated alkanes) is 8. The minimum absolute atomic E-state index is 0.133. The summed E-state index contributed by atoms with van der Waals surface area (Å²) in [7, 11) is 6.07. The number of alkyl halides is 1. The van der Waals surface area contributed by atoms with E-state index in [2.05, 4.69) is 15.9 Å². The number of nitrogens with zero attached hydrogens (tertiary/aromatic N) is 1. The van der Waals surface area contributed by atoms with Crippen LogP contribution in [0.25, 0.3) is 0 Å². The van der Waals surface area contributed by atoms with Crippen LogP contribution in [0.15, 0.2) is 0 Å². The van der Waals surface area contributed by atoms with Crippen molar-refractivity contribution < 1.29 is 23.5 Å². The number of ether oxygens (including phenoxy) is 2. The van der Waals surface area contributed by atoms with Gasteiger partial charge in [0.2, 0.25) is 0 Å². The van der Waals surface area contributed by atoms with Crippen LogP contribution < -0.4 is 0 Å². The summed E-state index contributed by atoms with van der Waals surface area (Å²) in [5.74, 6) is -0.264. The monoisotopic (exact) mass is 478 g/mol. The van der Waals surface area contributed by atoms with Gasteiger partial charge in [0.15, 0.2) is 6.10 Å². The molecule has 0 bridgehead atoms. The summed E-state index contributed by atoms with van der Waals surface area (Å²) in [6, 6.07) is 0. The Morgan fingerprint density at radius 2 is 1.31 bits per heavy atom. The molecule has 0 aliphatic rings. The second-order valence-corrected chi connectivity index (χ2v) is 10.3. The SMILES string of the molecule is CC(C)CC(=O)O[C@H](CC(=O)OCCCCCCCCCCCBr)C[N+](C)(C)C. The molecule has 0 aromatic rings. The van der Waals surface area contributed by atoms with E-state index >= 15 is 0 Å². The van der Waals surface area contributed by atoms with E-state index in [9.17, 15) is 9.59 Å². The largest absolute Gasteiger partial charge is 0.466 e. The Labute approximate surface area is 187 Å². The molecule has 0 fully saturated rings. The average molecular weight is 480 g/mol. The van der Waals surface area contributed by atoms with Crippen LogP contribution >= 0.6 is 15.9 Å². The van der Waals surface area contributed by atoms with E-state index in [0.29, 0.717) is 24.1 Å². The Bertz CT molecular complexity index is 435. The predicted octanol–water partition coefficient (Wildman–Crippen LogP) is 5.49. The molecule has 0 N–H and O–H groups in total. The van der Waals surface area contributed by atoms with Crippen molar-refractivity contribution in [2.24, 2.45) is 5.92 Å².